The summed E-state index contributed by atoms with van der Waals surface area (Å²) in [5.74, 6) is -0.280. The van der Waals surface area contributed by atoms with Crippen LogP contribution in [0.1, 0.15) is 129 Å². The smallest absolute Gasteiger partial charge is 0.220 e. The van der Waals surface area contributed by atoms with Crippen molar-refractivity contribution in [3.05, 3.63) is 85.1 Å². The minimum absolute atomic E-state index is 0.235. The molecule has 0 spiro atoms. The highest BCUT2D eigenvalue weighted by Crippen LogP contribution is 2.33. The molecule has 19 heteroatoms. The molecule has 75 heavy (non-hydrogen) atoms. The van der Waals surface area contributed by atoms with Gasteiger partial charge in [0.05, 0.1) is 38.6 Å². The van der Waals surface area contributed by atoms with Crippen molar-refractivity contribution in [1.82, 2.24) is 5.32 Å². The minimum Gasteiger partial charge on any atom is -0.394 e. The van der Waals surface area contributed by atoms with Gasteiger partial charge in [-0.15, -0.1) is 0 Å². The molecule has 3 aliphatic rings. The fourth-order valence-corrected chi connectivity index (χ4v) is 8.70. The third-order valence-corrected chi connectivity index (χ3v) is 13.2. The van der Waals surface area contributed by atoms with Crippen LogP contribution in [0.25, 0.3) is 0 Å². The summed E-state index contributed by atoms with van der Waals surface area (Å²) < 4.78 is 33.9. The van der Waals surface area contributed by atoms with Crippen molar-refractivity contribution < 1.29 is 89.4 Å². The molecule has 0 bridgehead atoms. The van der Waals surface area contributed by atoms with Crippen LogP contribution in [0.2, 0.25) is 0 Å². The van der Waals surface area contributed by atoms with Gasteiger partial charge in [-0.05, 0) is 70.6 Å². The molecule has 3 rings (SSSR count). The van der Waals surface area contributed by atoms with Gasteiger partial charge in [0, 0.05) is 6.42 Å². The van der Waals surface area contributed by atoms with E-state index >= 15 is 0 Å². The second-order valence-corrected chi connectivity index (χ2v) is 19.3. The molecule has 1 amide bonds. The molecular formula is C56H93NO18. The highest BCUT2D eigenvalue weighted by Gasteiger charge is 2.53. The monoisotopic (exact) mass is 1070 g/mol. The van der Waals surface area contributed by atoms with Crippen LogP contribution >= 0.6 is 0 Å². The molecule has 3 saturated heterocycles. The number of allylic oxidation sites excluding steroid dienone is 14. The first kappa shape index (κ1) is 66.3. The summed E-state index contributed by atoms with van der Waals surface area (Å²) in [4.78, 5) is 13.1. The predicted molar refractivity (Wildman–Crippen MR) is 281 cm³/mol. The first-order valence-corrected chi connectivity index (χ1v) is 27.3. The topological polar surface area (TPSA) is 307 Å². The molecule has 430 valence electrons. The van der Waals surface area contributed by atoms with Gasteiger partial charge in [0.1, 0.15) is 73.2 Å². The summed E-state index contributed by atoms with van der Waals surface area (Å²) in [5.41, 5.74) is 0. The summed E-state index contributed by atoms with van der Waals surface area (Å²) in [6.45, 7) is 1.42. The Kier molecular flexibility index (Phi) is 34.8. The average Bonchev–Trinajstić information content (AvgIpc) is 3.40. The van der Waals surface area contributed by atoms with Gasteiger partial charge in [-0.2, -0.15) is 0 Å². The Morgan fingerprint density at radius 1 is 0.493 bits per heavy atom. The zero-order chi connectivity index (χ0) is 54.8. The molecule has 0 aromatic carbocycles. The fraction of sp³-hybridized carbons (Fsp3) is 0.732. The molecule has 17 unspecified atom stereocenters. The highest BCUT2D eigenvalue weighted by molar-refractivity contribution is 5.76. The third kappa shape index (κ3) is 24.3. The number of amides is 1. The van der Waals surface area contributed by atoms with Crippen LogP contribution in [0.3, 0.4) is 0 Å². The van der Waals surface area contributed by atoms with Gasteiger partial charge in [-0.3, -0.25) is 4.79 Å². The normalized spacial score (nSPS) is 31.9. The number of rotatable bonds is 37. The lowest BCUT2D eigenvalue weighted by Crippen LogP contribution is -2.66. The van der Waals surface area contributed by atoms with Crippen LogP contribution in [0.15, 0.2) is 85.1 Å². The summed E-state index contributed by atoms with van der Waals surface area (Å²) in [7, 11) is 0. The van der Waals surface area contributed by atoms with Crippen molar-refractivity contribution in [3.8, 4) is 0 Å². The number of aliphatic hydroxyl groups excluding tert-OH is 11. The van der Waals surface area contributed by atoms with E-state index in [4.69, 9.17) is 28.4 Å². The molecule has 0 saturated carbocycles. The van der Waals surface area contributed by atoms with Crippen LogP contribution < -0.4 is 5.32 Å². The molecule has 19 nitrogen and oxygen atoms in total. The van der Waals surface area contributed by atoms with Gasteiger partial charge in [0.15, 0.2) is 18.9 Å². The molecule has 0 aromatic heterocycles. The van der Waals surface area contributed by atoms with E-state index in [-0.39, 0.29) is 18.9 Å². The first-order valence-electron chi connectivity index (χ1n) is 27.3. The van der Waals surface area contributed by atoms with Crippen LogP contribution in [0.4, 0.5) is 0 Å². The quantitative estimate of drug-likeness (QED) is 0.0314. The molecule has 3 heterocycles. The Balaban J connectivity index is 1.37. The Morgan fingerprint density at radius 3 is 1.41 bits per heavy atom. The second kappa shape index (κ2) is 39.3. The largest absolute Gasteiger partial charge is 0.394 e. The number of unbranched alkanes of at least 4 members (excludes halogenated alkanes) is 7. The standard InChI is InChI=1S/C56H93NO18/c1-3-5-7-8-9-10-11-12-13-14-15-16-17-18-19-20-21-22-23-24-25-26-27-28-29-30-32-34-44(62)57-39(40(61)33-31-6-4-2)38-70-54-50(68)47(65)52(42(36-59)72-54)75-56-51(69)48(66)53(43(37-60)73-56)74-55-49(67)46(64)45(63)41(35-58)71-55/h5,7,9-10,12-13,15-16,18-19,21-22,24-25,39-43,45-56,58-61,63-69H,3-4,6,8,11,14,17,20,23,26-38H2,1-2H3,(H,57,62)/b7-5-,10-9-,13-12-,16-15-,19-18-,22-21-,25-24-. The number of carbonyl (C=O) groups excluding carboxylic acids is 1. The molecule has 3 aliphatic heterocycles. The lowest BCUT2D eigenvalue weighted by atomic mass is 9.96. The van der Waals surface area contributed by atoms with E-state index in [2.05, 4.69) is 97.3 Å². The van der Waals surface area contributed by atoms with Gasteiger partial charge in [-0.25, -0.2) is 0 Å². The van der Waals surface area contributed by atoms with E-state index in [1.807, 2.05) is 6.92 Å². The zero-order valence-electron chi connectivity index (χ0n) is 44.2. The third-order valence-electron chi connectivity index (χ3n) is 13.2. The van der Waals surface area contributed by atoms with Gasteiger partial charge < -0.3 is 89.9 Å². The lowest BCUT2D eigenvalue weighted by Gasteiger charge is -2.48. The molecule has 17 atom stereocenters. The molecule has 0 radical (unpaired) electrons. The number of ether oxygens (including phenoxy) is 6. The van der Waals surface area contributed by atoms with E-state index in [1.165, 1.54) is 0 Å². The van der Waals surface area contributed by atoms with Gasteiger partial charge >= 0.3 is 0 Å². The molecule has 12 N–H and O–H groups in total. The Labute approximate surface area is 444 Å². The van der Waals surface area contributed by atoms with E-state index in [0.717, 1.165) is 89.9 Å². The Hall–Kier alpha value is -3.03. The average molecular weight is 1070 g/mol. The highest BCUT2D eigenvalue weighted by atomic mass is 16.8. The van der Waals surface area contributed by atoms with Crippen molar-refractivity contribution in [2.24, 2.45) is 0 Å². The second-order valence-electron chi connectivity index (χ2n) is 19.3. The number of nitrogens with one attached hydrogen (secondary N) is 1. The lowest BCUT2D eigenvalue weighted by molar-refractivity contribution is -0.379. The Morgan fingerprint density at radius 2 is 0.920 bits per heavy atom. The molecule has 3 fully saturated rings. The maximum atomic E-state index is 13.1. The summed E-state index contributed by atoms with van der Waals surface area (Å²) >= 11 is 0. The number of hydrogen-bond donors (Lipinski definition) is 12. The maximum Gasteiger partial charge on any atom is 0.220 e. The fourth-order valence-electron chi connectivity index (χ4n) is 8.70. The Bertz CT molecular complexity index is 1700. The zero-order valence-corrected chi connectivity index (χ0v) is 44.2. The van der Waals surface area contributed by atoms with Crippen molar-refractivity contribution in [3.63, 3.8) is 0 Å². The first-order chi connectivity index (χ1) is 36.3. The summed E-state index contributed by atoms with van der Waals surface area (Å²) in [6, 6.07) is -0.899. The van der Waals surface area contributed by atoms with E-state index in [1.54, 1.807) is 0 Å². The molecular weight excluding hydrogens is 975 g/mol. The van der Waals surface area contributed by atoms with Crippen molar-refractivity contribution in [2.45, 2.75) is 234 Å². The SMILES string of the molecule is CC/C=C\C/C=C\C/C=C\C/C=C\C/C=C\C/C=C\C/C=C\CCCCCCCC(=O)NC(COC1OC(CO)C(OC2OC(CO)C(OC3OC(CO)C(O)C(O)C3O)C(O)C2O)C(O)C1O)C(O)CCCCC. The maximum absolute atomic E-state index is 13.1. The van der Waals surface area contributed by atoms with E-state index in [0.29, 0.717) is 19.3 Å². The summed E-state index contributed by atoms with van der Waals surface area (Å²) in [6.07, 6.45) is 19.5. The van der Waals surface area contributed by atoms with Crippen LogP contribution in [0.5, 0.6) is 0 Å². The number of hydrogen-bond acceptors (Lipinski definition) is 18. The van der Waals surface area contributed by atoms with Crippen molar-refractivity contribution >= 4 is 5.91 Å². The predicted octanol–water partition coefficient (Wildman–Crippen LogP) is 3.25. The summed E-state index contributed by atoms with van der Waals surface area (Å²) in [5, 5.41) is 119. The number of carbonyl (C=O) groups is 1. The van der Waals surface area contributed by atoms with Crippen LogP contribution in [-0.2, 0) is 33.2 Å². The number of aliphatic hydroxyl groups is 11. The van der Waals surface area contributed by atoms with E-state index in [9.17, 15) is 61.0 Å². The van der Waals surface area contributed by atoms with Crippen molar-refractivity contribution in [1.29, 1.82) is 0 Å². The van der Waals surface area contributed by atoms with Crippen LogP contribution in [0, 0.1) is 0 Å². The molecule has 0 aliphatic carbocycles. The van der Waals surface area contributed by atoms with E-state index < -0.39 is 124 Å². The minimum atomic E-state index is -1.98. The van der Waals surface area contributed by atoms with Gasteiger partial charge in [0.2, 0.25) is 5.91 Å². The van der Waals surface area contributed by atoms with Gasteiger partial charge in [-0.1, -0.05) is 137 Å². The van der Waals surface area contributed by atoms with Crippen molar-refractivity contribution in [2.75, 3.05) is 26.4 Å². The van der Waals surface area contributed by atoms with Gasteiger partial charge in [0.25, 0.3) is 0 Å². The molecule has 0 aromatic rings. The van der Waals surface area contributed by atoms with Crippen LogP contribution in [-0.4, -0.2) is 193 Å².